The maximum Gasteiger partial charge on any atom is 0.229 e. The van der Waals surface area contributed by atoms with Crippen molar-refractivity contribution in [2.75, 3.05) is 33.3 Å². The maximum atomic E-state index is 12.4. The fraction of sp³-hybridized carbons (Fsp3) is 0.923. The van der Waals surface area contributed by atoms with E-state index in [4.69, 9.17) is 4.74 Å². The lowest BCUT2D eigenvalue weighted by molar-refractivity contribution is -0.140. The Morgan fingerprint density at radius 1 is 1.53 bits per heavy atom. The molecular weight excluding hydrogens is 216 g/mol. The first-order valence-electron chi connectivity index (χ1n) is 6.60. The van der Waals surface area contributed by atoms with Crippen LogP contribution in [0.4, 0.5) is 0 Å². The molecule has 1 aliphatic rings. The number of nitrogens with one attached hydrogen (secondary N) is 1. The fourth-order valence-corrected chi connectivity index (χ4v) is 2.31. The molecule has 1 heterocycles. The Labute approximate surface area is 105 Å². The molecule has 0 aromatic carbocycles. The van der Waals surface area contributed by atoms with E-state index in [1.807, 2.05) is 25.8 Å². The number of nitrogens with zero attached hydrogens (tertiary/aromatic N) is 1. The lowest BCUT2D eigenvalue weighted by Gasteiger charge is -2.31. The van der Waals surface area contributed by atoms with Gasteiger partial charge in [-0.2, -0.15) is 0 Å². The number of carbonyl (C=O) groups excluding carboxylic acids is 1. The number of carbonyl (C=O) groups is 1. The Morgan fingerprint density at radius 3 is 2.71 bits per heavy atom. The van der Waals surface area contributed by atoms with Gasteiger partial charge in [-0.05, 0) is 33.2 Å². The summed E-state index contributed by atoms with van der Waals surface area (Å²) in [6.07, 6.45) is 2.10. The van der Waals surface area contributed by atoms with Crippen LogP contribution in [0, 0.1) is 5.41 Å². The summed E-state index contributed by atoms with van der Waals surface area (Å²) in [6.45, 7) is 9.19. The molecule has 4 heteroatoms. The molecule has 100 valence electrons. The van der Waals surface area contributed by atoms with Gasteiger partial charge in [0, 0.05) is 20.1 Å². The number of rotatable bonds is 6. The van der Waals surface area contributed by atoms with Gasteiger partial charge >= 0.3 is 0 Å². The van der Waals surface area contributed by atoms with Crippen molar-refractivity contribution in [3.63, 3.8) is 0 Å². The van der Waals surface area contributed by atoms with Gasteiger partial charge < -0.3 is 15.0 Å². The molecule has 1 fully saturated rings. The fourth-order valence-electron chi connectivity index (χ4n) is 2.31. The van der Waals surface area contributed by atoms with Crippen LogP contribution < -0.4 is 5.32 Å². The number of likely N-dealkylation sites (N-methyl/N-ethyl adjacent to an activating group) is 1. The standard InChI is InChI=1S/C13H26N2O2/c1-5-13(6-7-14-10-13)12(16)15(4)8-9-17-11(2)3/h11,14H,5-10H2,1-4H3. The zero-order chi connectivity index (χ0) is 12.9. The van der Waals surface area contributed by atoms with Gasteiger partial charge in [0.15, 0.2) is 0 Å². The summed E-state index contributed by atoms with van der Waals surface area (Å²) in [5, 5.41) is 3.30. The Balaban J connectivity index is 2.44. The topological polar surface area (TPSA) is 41.6 Å². The van der Waals surface area contributed by atoms with Crippen LogP contribution >= 0.6 is 0 Å². The average molecular weight is 242 g/mol. The van der Waals surface area contributed by atoms with Crippen molar-refractivity contribution in [2.24, 2.45) is 5.41 Å². The number of ether oxygens (including phenoxy) is 1. The molecule has 0 spiro atoms. The highest BCUT2D eigenvalue weighted by atomic mass is 16.5. The molecular formula is C13H26N2O2. The molecule has 1 rings (SSSR count). The summed E-state index contributed by atoms with van der Waals surface area (Å²) in [5.74, 6) is 0.261. The van der Waals surface area contributed by atoms with E-state index < -0.39 is 0 Å². The van der Waals surface area contributed by atoms with Crippen molar-refractivity contribution in [1.29, 1.82) is 0 Å². The van der Waals surface area contributed by atoms with Crippen molar-refractivity contribution in [3.8, 4) is 0 Å². The predicted molar refractivity (Wildman–Crippen MR) is 68.9 cm³/mol. The molecule has 1 aliphatic heterocycles. The first-order chi connectivity index (χ1) is 8.02. The Hall–Kier alpha value is -0.610. The summed E-state index contributed by atoms with van der Waals surface area (Å²) < 4.78 is 5.48. The normalized spacial score (nSPS) is 24.3. The first kappa shape index (κ1) is 14.5. The van der Waals surface area contributed by atoms with Crippen molar-refractivity contribution in [2.45, 2.75) is 39.7 Å². The monoisotopic (exact) mass is 242 g/mol. The third-order valence-corrected chi connectivity index (χ3v) is 3.60. The molecule has 4 nitrogen and oxygen atoms in total. The van der Waals surface area contributed by atoms with E-state index in [2.05, 4.69) is 12.2 Å². The van der Waals surface area contributed by atoms with Crippen LogP contribution in [0.1, 0.15) is 33.6 Å². The van der Waals surface area contributed by atoms with Crippen LogP contribution in [0.15, 0.2) is 0 Å². The summed E-state index contributed by atoms with van der Waals surface area (Å²) in [6, 6.07) is 0. The molecule has 1 atom stereocenters. The third kappa shape index (κ3) is 3.68. The second-order valence-electron chi connectivity index (χ2n) is 5.21. The van der Waals surface area contributed by atoms with Crippen molar-refractivity contribution in [3.05, 3.63) is 0 Å². The molecule has 0 bridgehead atoms. The molecule has 0 aromatic heterocycles. The summed E-state index contributed by atoms with van der Waals surface area (Å²) in [4.78, 5) is 14.2. The van der Waals surface area contributed by atoms with E-state index in [1.54, 1.807) is 0 Å². The SMILES string of the molecule is CCC1(C(=O)N(C)CCOC(C)C)CCNC1. The van der Waals surface area contributed by atoms with Crippen LogP contribution in [0.25, 0.3) is 0 Å². The van der Waals surface area contributed by atoms with Gasteiger partial charge in [-0.15, -0.1) is 0 Å². The summed E-state index contributed by atoms with van der Waals surface area (Å²) in [5.41, 5.74) is -0.174. The van der Waals surface area contributed by atoms with E-state index in [-0.39, 0.29) is 17.4 Å². The molecule has 0 aromatic rings. The Morgan fingerprint density at radius 2 is 2.24 bits per heavy atom. The summed E-state index contributed by atoms with van der Waals surface area (Å²) >= 11 is 0. The van der Waals surface area contributed by atoms with E-state index in [1.165, 1.54) is 0 Å². The molecule has 0 radical (unpaired) electrons. The average Bonchev–Trinajstić information content (AvgIpc) is 2.77. The zero-order valence-electron chi connectivity index (χ0n) is 11.6. The minimum Gasteiger partial charge on any atom is -0.377 e. The highest BCUT2D eigenvalue weighted by Gasteiger charge is 2.40. The highest BCUT2D eigenvalue weighted by molar-refractivity contribution is 5.83. The highest BCUT2D eigenvalue weighted by Crippen LogP contribution is 2.31. The number of hydrogen-bond acceptors (Lipinski definition) is 3. The largest absolute Gasteiger partial charge is 0.377 e. The van der Waals surface area contributed by atoms with Crippen molar-refractivity contribution < 1.29 is 9.53 Å². The van der Waals surface area contributed by atoms with E-state index in [0.717, 1.165) is 25.9 Å². The lowest BCUT2D eigenvalue weighted by atomic mass is 9.83. The maximum absolute atomic E-state index is 12.4. The van der Waals surface area contributed by atoms with E-state index >= 15 is 0 Å². The number of amides is 1. The molecule has 1 amide bonds. The van der Waals surface area contributed by atoms with Crippen molar-refractivity contribution >= 4 is 5.91 Å². The molecule has 0 saturated carbocycles. The van der Waals surface area contributed by atoms with Gasteiger partial charge in [0.2, 0.25) is 5.91 Å². The van der Waals surface area contributed by atoms with Crippen LogP contribution in [0.2, 0.25) is 0 Å². The number of hydrogen-bond donors (Lipinski definition) is 1. The van der Waals surface area contributed by atoms with Crippen LogP contribution in [0.5, 0.6) is 0 Å². The van der Waals surface area contributed by atoms with E-state index in [9.17, 15) is 4.79 Å². The van der Waals surface area contributed by atoms with Gasteiger partial charge in [-0.25, -0.2) is 0 Å². The first-order valence-corrected chi connectivity index (χ1v) is 6.60. The minimum atomic E-state index is -0.174. The lowest BCUT2D eigenvalue weighted by Crippen LogP contribution is -2.44. The molecule has 1 unspecified atom stereocenters. The molecule has 1 saturated heterocycles. The van der Waals surface area contributed by atoms with Gasteiger partial charge in [0.25, 0.3) is 0 Å². The quantitative estimate of drug-likeness (QED) is 0.762. The van der Waals surface area contributed by atoms with Gasteiger partial charge in [-0.3, -0.25) is 4.79 Å². The second-order valence-corrected chi connectivity index (χ2v) is 5.21. The van der Waals surface area contributed by atoms with Crippen LogP contribution in [-0.4, -0.2) is 50.2 Å². The molecule has 1 N–H and O–H groups in total. The Kier molecular flexibility index (Phi) is 5.40. The van der Waals surface area contributed by atoms with E-state index in [0.29, 0.717) is 13.2 Å². The summed E-state index contributed by atoms with van der Waals surface area (Å²) in [7, 11) is 1.88. The molecule has 17 heavy (non-hydrogen) atoms. The third-order valence-electron chi connectivity index (χ3n) is 3.60. The minimum absolute atomic E-state index is 0.174. The van der Waals surface area contributed by atoms with Gasteiger partial charge in [0.05, 0.1) is 18.1 Å². The Bertz CT molecular complexity index is 248. The second kappa shape index (κ2) is 6.36. The molecule has 0 aliphatic carbocycles. The van der Waals surface area contributed by atoms with Crippen LogP contribution in [-0.2, 0) is 9.53 Å². The zero-order valence-corrected chi connectivity index (χ0v) is 11.6. The van der Waals surface area contributed by atoms with Gasteiger partial charge in [-0.1, -0.05) is 6.92 Å². The smallest absolute Gasteiger partial charge is 0.229 e. The van der Waals surface area contributed by atoms with Crippen molar-refractivity contribution in [1.82, 2.24) is 10.2 Å². The van der Waals surface area contributed by atoms with Gasteiger partial charge in [0.1, 0.15) is 0 Å². The van der Waals surface area contributed by atoms with Crippen LogP contribution in [0.3, 0.4) is 0 Å². The predicted octanol–water partition coefficient (Wildman–Crippen LogP) is 1.26.